The monoisotopic (exact) mass is 1960 g/mol. The fourth-order valence-electron chi connectivity index (χ4n) is 2.34. The molecule has 41 heteroatoms. The van der Waals surface area contributed by atoms with Gasteiger partial charge in [0.25, 0.3) is 0 Å². The zero-order chi connectivity index (χ0) is 35.0. The van der Waals surface area contributed by atoms with Crippen LogP contribution in [0.1, 0.15) is 83.1 Å². The van der Waals surface area contributed by atoms with Gasteiger partial charge in [-0.1, -0.05) is 0 Å². The first-order valence-corrected chi connectivity index (χ1v) is 20.7. The Labute approximate surface area is 471 Å². The van der Waals surface area contributed by atoms with Crippen molar-refractivity contribution in [1.82, 2.24) is 0 Å². The summed E-state index contributed by atoms with van der Waals surface area (Å²) in [4.78, 5) is 0. The maximum Gasteiger partial charge on any atom is 4.00 e. The van der Waals surface area contributed by atoms with Crippen molar-refractivity contribution in [3.05, 3.63) is 0 Å². The van der Waals surface area contributed by atoms with E-state index in [0.717, 1.165) is 0 Å². The van der Waals surface area contributed by atoms with Crippen LogP contribution in [0.4, 0.5) is 0 Å². The van der Waals surface area contributed by atoms with E-state index in [0.29, 0.717) is 79.3 Å². The van der Waals surface area contributed by atoms with E-state index in [2.05, 4.69) is 0 Å². The minimum atomic E-state index is -3.22. The van der Waals surface area contributed by atoms with Crippen molar-refractivity contribution in [3.8, 4) is 0 Å². The van der Waals surface area contributed by atoms with Gasteiger partial charge < -0.3 is 87.6 Å². The van der Waals surface area contributed by atoms with Crippen LogP contribution in [-0.4, -0.2) is 79.3 Å². The molecule has 0 fully saturated rings. The van der Waals surface area contributed by atoms with Gasteiger partial charge in [0.1, 0.15) is 0 Å². The number of hydrogen-bond acceptors (Lipinski definition) is 16. The molecule has 0 N–H and O–H groups in total. The molecule has 0 aromatic carbocycles. The first kappa shape index (κ1) is 165. The Morgan fingerprint density at radius 2 is 0.246 bits per heavy atom. The van der Waals surface area contributed by atoms with E-state index in [4.69, 9.17) is 54.3 Å². The van der Waals surface area contributed by atoms with Crippen molar-refractivity contribution in [1.29, 1.82) is 0 Å². The second-order valence-electron chi connectivity index (χ2n) is 6.80. The summed E-state index contributed by atoms with van der Waals surface area (Å²) >= 11 is 0. The smallest absolute Gasteiger partial charge is 2.00 e. The van der Waals surface area contributed by atoms with Gasteiger partial charge in [0, 0.05) is 81.7 Å². The summed E-state index contributed by atoms with van der Waals surface area (Å²) in [6.07, 6.45) is 0. The van der Waals surface area contributed by atoms with Crippen LogP contribution in [0.3, 0.4) is 0 Å². The van der Waals surface area contributed by atoms with Gasteiger partial charge in [0.2, 0.25) is 0 Å². The standard InChI is InChI=1S/4C6H15O4P.16O.4Re.Th/c4*1-4-8-11(7,9-5-2)10-6-3;;;;;;;;;;;;;;;;;;;;;/h4*4-6H2,1-3H3;;;;;;;;;;;;;;;;;;;;;/q;;;;16*-2;;;;;+4. The normalized spacial score (nSPS) is 8.06. The predicted molar refractivity (Wildman–Crippen MR) is 181 cm³/mol. The van der Waals surface area contributed by atoms with Crippen LogP contribution < -0.4 is 0 Å². The third kappa shape index (κ3) is 109. The third-order valence-electron chi connectivity index (χ3n) is 3.45. The Balaban J connectivity index is -0.0000000129. The molecule has 4 radical (unpaired) electrons. The minimum Gasteiger partial charge on any atom is -2.00 e. The third-order valence-corrected chi connectivity index (χ3v) is 10.3. The van der Waals surface area contributed by atoms with Crippen LogP contribution in [0.5, 0.6) is 0 Å². The molecule has 0 bridgehead atoms. The number of phosphoric acid groups is 4. The molecule has 0 spiro atoms. The molecule has 0 aliphatic rings. The molecule has 32 nitrogen and oxygen atoms in total. The molecule has 428 valence electrons. The molecule has 0 atom stereocenters. The van der Waals surface area contributed by atoms with E-state index in [1.165, 1.54) is 0 Å². The van der Waals surface area contributed by atoms with Crippen LogP contribution in [0.2, 0.25) is 0 Å². The molecule has 0 unspecified atom stereocenters. The summed E-state index contributed by atoms with van der Waals surface area (Å²) < 4.78 is 103. The second-order valence-corrected chi connectivity index (χ2v) is 13.5. The van der Waals surface area contributed by atoms with E-state index in [1.807, 2.05) is 0 Å². The maximum atomic E-state index is 11.3. The minimum absolute atomic E-state index is 0. The van der Waals surface area contributed by atoms with Crippen LogP contribution in [-0.2, 0) is 242 Å². The Morgan fingerprint density at radius 1 is 0.200 bits per heavy atom. The van der Waals surface area contributed by atoms with Gasteiger partial charge in [-0.2, -0.15) is 0 Å². The summed E-state index contributed by atoms with van der Waals surface area (Å²) in [6, 6.07) is 0. The molecule has 0 heterocycles. The molecule has 0 aromatic rings. The zero-order valence-corrected chi connectivity index (χ0v) is 55.9. The molecule has 0 rings (SSSR count). The van der Waals surface area contributed by atoms with Crippen LogP contribution in [0.25, 0.3) is 0 Å². The molecule has 0 aliphatic carbocycles. The van der Waals surface area contributed by atoms with Crippen molar-refractivity contribution in [3.63, 3.8) is 0 Å². The predicted octanol–water partition coefficient (Wildman–Crippen LogP) is 6.91. The summed E-state index contributed by atoms with van der Waals surface area (Å²) in [5.74, 6) is 0. The van der Waals surface area contributed by atoms with E-state index in [-0.39, 0.29) is 209 Å². The van der Waals surface area contributed by atoms with Gasteiger partial charge >= 0.3 is 71.2 Å². The van der Waals surface area contributed by atoms with Gasteiger partial charge in [0.05, 0.1) is 79.3 Å². The summed E-state index contributed by atoms with van der Waals surface area (Å²) in [5, 5.41) is 0. The van der Waals surface area contributed by atoms with Crippen LogP contribution >= 0.6 is 31.3 Å². The van der Waals surface area contributed by atoms with Crippen molar-refractivity contribution in [2.75, 3.05) is 79.3 Å². The second kappa shape index (κ2) is 113. The Kier molecular flexibility index (Phi) is 286. The van der Waals surface area contributed by atoms with E-state index in [9.17, 15) is 18.3 Å². The maximum absolute atomic E-state index is 11.3. The van der Waals surface area contributed by atoms with E-state index in [1.54, 1.807) is 83.1 Å². The van der Waals surface area contributed by atoms with Gasteiger partial charge in [0.15, 0.2) is 0 Å². The number of hydrogen-bond donors (Lipinski definition) is 0. The largest absolute Gasteiger partial charge is 4.00 e. The molecule has 65 heavy (non-hydrogen) atoms. The quantitative estimate of drug-likeness (QED) is 0.0886. The molecular weight excluding hydrogens is 1900 g/mol. The Morgan fingerprint density at radius 3 is 0.277 bits per heavy atom. The molecule has 0 aliphatic heterocycles. The summed E-state index contributed by atoms with van der Waals surface area (Å²) in [5.41, 5.74) is 0. The fraction of sp³-hybridized carbons (Fsp3) is 1.00. The van der Waals surface area contributed by atoms with Crippen LogP contribution in [0.15, 0.2) is 0 Å². The molecular formula is C24H60O32P4Re4Th-28. The van der Waals surface area contributed by atoms with Crippen LogP contribution in [0, 0.1) is 39.9 Å². The van der Waals surface area contributed by atoms with E-state index < -0.39 is 31.3 Å². The van der Waals surface area contributed by atoms with Gasteiger partial charge in [-0.15, -0.1) is 0 Å². The first-order chi connectivity index (χ1) is 20.7. The summed E-state index contributed by atoms with van der Waals surface area (Å²) in [6.45, 7) is 24.9. The molecule has 0 saturated carbocycles. The average molecular weight is 1960 g/mol. The molecule has 0 saturated heterocycles. The SMILES string of the molecule is CCOP(=O)(OCC)OCC.CCOP(=O)(OCC)OCC.CCOP(=O)(OCC)OCC.CCOP(=O)(OCC)OCC.[O-2].[O-2].[O-2].[O-2].[O-2].[O-2].[O-2].[O-2].[O-2].[O-2].[O-2].[O-2].[O-2].[O-2].[O-2].[O-2].[Re].[Re].[Re].[Re].[Th+4]. The zero-order valence-electron chi connectivity index (χ0n) is 37.3. The van der Waals surface area contributed by atoms with Gasteiger partial charge in [-0.3, -0.25) is 54.3 Å². The van der Waals surface area contributed by atoms with E-state index >= 15 is 0 Å². The van der Waals surface area contributed by atoms with Crippen molar-refractivity contribution >= 4 is 31.3 Å². The fourth-order valence-corrected chi connectivity index (χ4v) is 7.03. The van der Waals surface area contributed by atoms with Crippen molar-refractivity contribution in [2.45, 2.75) is 83.1 Å². The topological polar surface area (TPSA) is 635 Å². The Hall–Kier alpha value is 3.77. The molecule has 0 aromatic heterocycles. The van der Waals surface area contributed by atoms with Crippen molar-refractivity contribution in [2.24, 2.45) is 0 Å². The van der Waals surface area contributed by atoms with Crippen molar-refractivity contribution < 1.29 is 282 Å². The average Bonchev–Trinajstić information content (AvgIpc) is 2.91. The summed E-state index contributed by atoms with van der Waals surface area (Å²) in [7, 11) is -12.9. The first-order valence-electron chi connectivity index (χ1n) is 14.9. The number of phosphoric ester groups is 4. The van der Waals surface area contributed by atoms with Gasteiger partial charge in [-0.05, 0) is 83.1 Å². The van der Waals surface area contributed by atoms with Gasteiger partial charge in [-0.25, -0.2) is 18.3 Å². The Bertz CT molecular complexity index is 626. The molecule has 0 amide bonds. The number of rotatable bonds is 24.